The maximum absolute atomic E-state index is 12.1. The van der Waals surface area contributed by atoms with E-state index in [1.165, 1.54) is 0 Å². The fourth-order valence-corrected chi connectivity index (χ4v) is 2.85. The van der Waals surface area contributed by atoms with Gasteiger partial charge in [0, 0.05) is 19.0 Å². The van der Waals surface area contributed by atoms with Crippen LogP contribution in [-0.2, 0) is 14.3 Å². The fraction of sp³-hybridized carbons (Fsp3) is 0.909. The van der Waals surface area contributed by atoms with Gasteiger partial charge in [-0.2, -0.15) is 0 Å². The van der Waals surface area contributed by atoms with Crippen LogP contribution in [0.5, 0.6) is 0 Å². The van der Waals surface area contributed by atoms with Crippen LogP contribution in [0.15, 0.2) is 0 Å². The van der Waals surface area contributed by atoms with Gasteiger partial charge in [0.25, 0.3) is 0 Å². The molecule has 0 aromatic carbocycles. The smallest absolute Gasteiger partial charge is 0.316 e. The number of carbonyl (C=O) groups excluding carboxylic acids is 1. The van der Waals surface area contributed by atoms with E-state index in [2.05, 4.69) is 5.32 Å². The number of fused-ring (bicyclic) bond motifs is 1. The van der Waals surface area contributed by atoms with Crippen molar-refractivity contribution in [2.45, 2.75) is 26.4 Å². The van der Waals surface area contributed by atoms with Crippen molar-refractivity contribution < 1.29 is 14.3 Å². The Morgan fingerprint density at radius 2 is 2.33 bits per heavy atom. The molecule has 2 fully saturated rings. The molecule has 4 nitrogen and oxygen atoms in total. The van der Waals surface area contributed by atoms with Crippen LogP contribution >= 0.6 is 0 Å². The molecule has 2 saturated heterocycles. The van der Waals surface area contributed by atoms with Crippen molar-refractivity contribution >= 4 is 5.97 Å². The number of esters is 1. The Labute approximate surface area is 90.3 Å². The first kappa shape index (κ1) is 10.9. The summed E-state index contributed by atoms with van der Waals surface area (Å²) in [5.74, 6) is 0.147. The summed E-state index contributed by atoms with van der Waals surface area (Å²) in [6, 6.07) is 0. The first-order chi connectivity index (χ1) is 7.04. The number of ether oxygens (including phenoxy) is 2. The average Bonchev–Trinajstić information content (AvgIpc) is 2.68. The largest absolute Gasteiger partial charge is 0.465 e. The van der Waals surface area contributed by atoms with Gasteiger partial charge in [-0.15, -0.1) is 0 Å². The predicted molar refractivity (Wildman–Crippen MR) is 55.5 cm³/mol. The van der Waals surface area contributed by atoms with Crippen LogP contribution in [0.1, 0.15) is 20.8 Å². The Kier molecular flexibility index (Phi) is 2.51. The highest BCUT2D eigenvalue weighted by molar-refractivity contribution is 5.80. The Morgan fingerprint density at radius 3 is 3.00 bits per heavy atom. The minimum absolute atomic E-state index is 0.109. The Morgan fingerprint density at radius 1 is 1.60 bits per heavy atom. The number of rotatable bonds is 2. The second-order valence-corrected chi connectivity index (χ2v) is 4.84. The zero-order chi connectivity index (χ0) is 11.1. The summed E-state index contributed by atoms with van der Waals surface area (Å²) in [7, 11) is 0. The van der Waals surface area contributed by atoms with Gasteiger partial charge in [0.05, 0.1) is 18.8 Å². The van der Waals surface area contributed by atoms with E-state index < -0.39 is 11.0 Å². The van der Waals surface area contributed by atoms with E-state index in [1.54, 1.807) is 0 Å². The van der Waals surface area contributed by atoms with Crippen molar-refractivity contribution in [2.24, 2.45) is 11.3 Å². The molecule has 2 aliphatic heterocycles. The molecule has 0 bridgehead atoms. The van der Waals surface area contributed by atoms with Crippen molar-refractivity contribution in [3.8, 4) is 0 Å². The molecule has 0 aromatic rings. The number of hydrogen-bond donors (Lipinski definition) is 1. The van der Waals surface area contributed by atoms with Crippen LogP contribution in [0.3, 0.4) is 0 Å². The molecule has 2 rings (SSSR count). The lowest BCUT2D eigenvalue weighted by Crippen LogP contribution is -2.51. The standard InChI is InChI=1S/C11H19NO3/c1-4-14-9(13)11-7-12-5-8(11)6-15-10(11,2)3/h8,12H,4-7H2,1-3H3/t8-,11-/m0/s1. The molecule has 0 aromatic heterocycles. The third-order valence-corrected chi connectivity index (χ3v) is 3.85. The topological polar surface area (TPSA) is 47.6 Å². The summed E-state index contributed by atoms with van der Waals surface area (Å²) in [6.45, 7) is 8.41. The van der Waals surface area contributed by atoms with Crippen molar-refractivity contribution in [1.29, 1.82) is 0 Å². The number of nitrogens with one attached hydrogen (secondary N) is 1. The molecule has 1 N–H and O–H groups in total. The Balaban J connectivity index is 2.31. The second kappa shape index (κ2) is 3.46. The lowest BCUT2D eigenvalue weighted by Gasteiger charge is -2.36. The maximum Gasteiger partial charge on any atom is 0.316 e. The van der Waals surface area contributed by atoms with Crippen molar-refractivity contribution in [3.05, 3.63) is 0 Å². The van der Waals surface area contributed by atoms with Crippen LogP contribution in [0.25, 0.3) is 0 Å². The number of carbonyl (C=O) groups is 1. The van der Waals surface area contributed by atoms with Gasteiger partial charge in [0.15, 0.2) is 0 Å². The number of hydrogen-bond acceptors (Lipinski definition) is 4. The van der Waals surface area contributed by atoms with Gasteiger partial charge < -0.3 is 14.8 Å². The van der Waals surface area contributed by atoms with E-state index in [0.29, 0.717) is 19.8 Å². The molecule has 0 aliphatic carbocycles. The lowest BCUT2D eigenvalue weighted by atomic mass is 9.69. The van der Waals surface area contributed by atoms with Gasteiger partial charge in [0.2, 0.25) is 0 Å². The first-order valence-corrected chi connectivity index (χ1v) is 5.56. The molecule has 86 valence electrons. The highest BCUT2D eigenvalue weighted by Crippen LogP contribution is 2.50. The molecule has 0 spiro atoms. The molecule has 0 radical (unpaired) electrons. The summed E-state index contributed by atoms with van der Waals surface area (Å²) in [5, 5.41) is 3.28. The molecule has 0 unspecified atom stereocenters. The third kappa shape index (κ3) is 1.31. The molecule has 0 saturated carbocycles. The van der Waals surface area contributed by atoms with Crippen molar-refractivity contribution in [3.63, 3.8) is 0 Å². The van der Waals surface area contributed by atoms with Gasteiger partial charge in [0.1, 0.15) is 5.41 Å². The molecule has 2 heterocycles. The molecule has 2 atom stereocenters. The minimum Gasteiger partial charge on any atom is -0.465 e. The summed E-state index contributed by atoms with van der Waals surface area (Å²) in [4.78, 5) is 12.1. The SMILES string of the molecule is CCOC(=O)[C@]12CNC[C@H]1COC2(C)C. The van der Waals surface area contributed by atoms with Crippen LogP contribution < -0.4 is 5.32 Å². The van der Waals surface area contributed by atoms with Gasteiger partial charge in [-0.1, -0.05) is 0 Å². The summed E-state index contributed by atoms with van der Waals surface area (Å²) in [5.41, 5.74) is -0.906. The third-order valence-electron chi connectivity index (χ3n) is 3.85. The van der Waals surface area contributed by atoms with E-state index in [-0.39, 0.29) is 11.9 Å². The maximum atomic E-state index is 12.1. The van der Waals surface area contributed by atoms with E-state index >= 15 is 0 Å². The normalized spacial score (nSPS) is 37.7. The molecule has 0 amide bonds. The summed E-state index contributed by atoms with van der Waals surface area (Å²) >= 11 is 0. The Hall–Kier alpha value is -0.610. The van der Waals surface area contributed by atoms with E-state index in [9.17, 15) is 4.79 Å². The molecule has 15 heavy (non-hydrogen) atoms. The minimum atomic E-state index is -0.483. The summed E-state index contributed by atoms with van der Waals surface area (Å²) in [6.07, 6.45) is 0. The Bertz CT molecular complexity index is 277. The highest BCUT2D eigenvalue weighted by Gasteiger charge is 2.64. The van der Waals surface area contributed by atoms with Crippen LogP contribution in [0.4, 0.5) is 0 Å². The second-order valence-electron chi connectivity index (χ2n) is 4.84. The predicted octanol–water partition coefficient (Wildman–Crippen LogP) is 0.564. The zero-order valence-corrected chi connectivity index (χ0v) is 9.63. The monoisotopic (exact) mass is 213 g/mol. The fourth-order valence-electron chi connectivity index (χ4n) is 2.85. The van der Waals surface area contributed by atoms with Crippen LogP contribution in [0.2, 0.25) is 0 Å². The highest BCUT2D eigenvalue weighted by atomic mass is 16.5. The van der Waals surface area contributed by atoms with Crippen LogP contribution in [-0.4, -0.2) is 37.9 Å². The van der Waals surface area contributed by atoms with Crippen LogP contribution in [0, 0.1) is 11.3 Å². The quantitative estimate of drug-likeness (QED) is 0.681. The summed E-state index contributed by atoms with van der Waals surface area (Å²) < 4.78 is 10.9. The van der Waals surface area contributed by atoms with Crippen molar-refractivity contribution in [1.82, 2.24) is 5.32 Å². The molecule has 4 heteroatoms. The van der Waals surface area contributed by atoms with E-state index in [1.807, 2.05) is 20.8 Å². The lowest BCUT2D eigenvalue weighted by molar-refractivity contribution is -0.164. The van der Waals surface area contributed by atoms with Crippen molar-refractivity contribution in [2.75, 3.05) is 26.3 Å². The zero-order valence-electron chi connectivity index (χ0n) is 9.63. The molecule has 2 aliphatic rings. The molecular formula is C11H19NO3. The van der Waals surface area contributed by atoms with E-state index in [4.69, 9.17) is 9.47 Å². The average molecular weight is 213 g/mol. The van der Waals surface area contributed by atoms with E-state index in [0.717, 1.165) is 6.54 Å². The first-order valence-electron chi connectivity index (χ1n) is 5.56. The van der Waals surface area contributed by atoms with Gasteiger partial charge in [-0.05, 0) is 20.8 Å². The van der Waals surface area contributed by atoms with Gasteiger partial charge in [-0.3, -0.25) is 4.79 Å². The van der Waals surface area contributed by atoms with Gasteiger partial charge in [-0.25, -0.2) is 0 Å². The van der Waals surface area contributed by atoms with Gasteiger partial charge >= 0.3 is 5.97 Å². The molecular weight excluding hydrogens is 194 g/mol.